The Morgan fingerprint density at radius 1 is 1.62 bits per heavy atom. The van der Waals surface area contributed by atoms with Crippen LogP contribution in [0.2, 0.25) is 0 Å². The Balaban J connectivity index is 3.27. The summed E-state index contributed by atoms with van der Waals surface area (Å²) in [5.41, 5.74) is 1.12. The molecule has 0 aliphatic heterocycles. The number of halogens is 4. The van der Waals surface area contributed by atoms with Crippen molar-refractivity contribution in [1.29, 1.82) is 0 Å². The second kappa shape index (κ2) is 4.50. The summed E-state index contributed by atoms with van der Waals surface area (Å²) in [6.45, 7) is 1.68. The van der Waals surface area contributed by atoms with Gasteiger partial charge in [0.15, 0.2) is 0 Å². The number of aromatic nitrogens is 1. The molecule has 0 unspecified atom stereocenters. The molecule has 0 aliphatic carbocycles. The summed E-state index contributed by atoms with van der Waals surface area (Å²) >= 11 is 7.45. The van der Waals surface area contributed by atoms with Gasteiger partial charge < -0.3 is 0 Å². The smallest absolute Gasteiger partial charge is 0.251 e. The van der Waals surface area contributed by atoms with E-state index in [1.54, 1.807) is 13.0 Å². The molecule has 0 fully saturated rings. The van der Waals surface area contributed by atoms with Gasteiger partial charge in [-0.2, -0.15) is 0 Å². The van der Waals surface area contributed by atoms with Crippen molar-refractivity contribution in [3.05, 3.63) is 26.6 Å². The molecule has 13 heavy (non-hydrogen) atoms. The van der Waals surface area contributed by atoms with E-state index in [-0.39, 0.29) is 11.6 Å². The second-order valence-electron chi connectivity index (χ2n) is 2.56. The Kier molecular flexibility index (Phi) is 3.85. The first-order valence-corrected chi connectivity index (χ1v) is 5.17. The van der Waals surface area contributed by atoms with Gasteiger partial charge in [-0.15, -0.1) is 11.6 Å². The summed E-state index contributed by atoms with van der Waals surface area (Å²) in [6.07, 6.45) is -2.53. The maximum absolute atomic E-state index is 12.4. The first-order chi connectivity index (χ1) is 6.06. The van der Waals surface area contributed by atoms with Crippen LogP contribution in [0, 0.1) is 10.5 Å². The van der Waals surface area contributed by atoms with Crippen LogP contribution in [0.15, 0.2) is 6.07 Å². The van der Waals surface area contributed by atoms with Crippen molar-refractivity contribution in [2.45, 2.75) is 19.2 Å². The van der Waals surface area contributed by atoms with E-state index in [2.05, 4.69) is 4.98 Å². The minimum absolute atomic E-state index is 0.170. The molecule has 0 radical (unpaired) electrons. The molecular weight excluding hydrogens is 310 g/mol. The van der Waals surface area contributed by atoms with Gasteiger partial charge in [-0.3, -0.25) is 4.98 Å². The number of pyridine rings is 1. The van der Waals surface area contributed by atoms with Gasteiger partial charge in [-0.25, -0.2) is 8.78 Å². The lowest BCUT2D eigenvalue weighted by Crippen LogP contribution is -2.00. The molecule has 0 bridgehead atoms. The number of nitrogens with zero attached hydrogens (tertiary/aromatic N) is 1. The quantitative estimate of drug-likeness (QED) is 0.599. The van der Waals surface area contributed by atoms with Crippen LogP contribution in [0.25, 0.3) is 0 Å². The third-order valence-electron chi connectivity index (χ3n) is 1.54. The van der Waals surface area contributed by atoms with Gasteiger partial charge >= 0.3 is 0 Å². The lowest BCUT2D eigenvalue weighted by atomic mass is 10.2. The predicted octanol–water partition coefficient (Wildman–Crippen LogP) is 3.67. The van der Waals surface area contributed by atoms with Gasteiger partial charge in [0.25, 0.3) is 6.43 Å². The number of aryl methyl sites for hydroxylation is 1. The predicted molar refractivity (Wildman–Crippen MR) is 56.2 cm³/mol. The highest BCUT2D eigenvalue weighted by Gasteiger charge is 2.16. The third-order valence-corrected chi connectivity index (χ3v) is 3.07. The minimum atomic E-state index is -2.53. The van der Waals surface area contributed by atoms with Crippen LogP contribution < -0.4 is 0 Å². The Bertz CT molecular complexity index is 317. The molecule has 1 heterocycles. The fourth-order valence-corrected chi connectivity index (χ4v) is 2.13. The highest BCUT2D eigenvalue weighted by Crippen LogP contribution is 2.26. The third kappa shape index (κ3) is 2.49. The van der Waals surface area contributed by atoms with E-state index in [0.717, 1.165) is 0 Å². The van der Waals surface area contributed by atoms with Gasteiger partial charge in [0, 0.05) is 15.1 Å². The van der Waals surface area contributed by atoms with Crippen molar-refractivity contribution in [3.8, 4) is 0 Å². The molecule has 0 N–H and O–H groups in total. The molecule has 1 rings (SSSR count). The van der Waals surface area contributed by atoms with Crippen LogP contribution in [-0.4, -0.2) is 4.98 Å². The number of hydrogen-bond donors (Lipinski definition) is 0. The zero-order chi connectivity index (χ0) is 10.0. The molecular formula is C8H7ClF2IN. The largest absolute Gasteiger partial charge is 0.281 e. The zero-order valence-corrected chi connectivity index (χ0v) is 9.73. The monoisotopic (exact) mass is 317 g/mol. The van der Waals surface area contributed by atoms with E-state index in [1.165, 1.54) is 0 Å². The van der Waals surface area contributed by atoms with E-state index in [4.69, 9.17) is 11.6 Å². The second-order valence-corrected chi connectivity index (χ2v) is 3.90. The van der Waals surface area contributed by atoms with E-state index in [9.17, 15) is 8.78 Å². The van der Waals surface area contributed by atoms with Gasteiger partial charge in [-0.05, 0) is 41.1 Å². The molecule has 0 aromatic carbocycles. The molecule has 0 spiro atoms. The van der Waals surface area contributed by atoms with Crippen molar-refractivity contribution in [3.63, 3.8) is 0 Å². The van der Waals surface area contributed by atoms with Crippen molar-refractivity contribution in [2.24, 2.45) is 0 Å². The summed E-state index contributed by atoms with van der Waals surface area (Å²) in [6, 6.07) is 1.72. The molecule has 0 amide bonds. The van der Waals surface area contributed by atoms with E-state index < -0.39 is 6.43 Å². The first-order valence-electron chi connectivity index (χ1n) is 3.56. The van der Waals surface area contributed by atoms with Crippen molar-refractivity contribution in [1.82, 2.24) is 4.98 Å². The topological polar surface area (TPSA) is 12.9 Å². The van der Waals surface area contributed by atoms with Crippen LogP contribution in [-0.2, 0) is 5.88 Å². The van der Waals surface area contributed by atoms with Crippen LogP contribution in [0.1, 0.15) is 23.4 Å². The Labute approximate surface area is 93.6 Å². The zero-order valence-electron chi connectivity index (χ0n) is 6.82. The van der Waals surface area contributed by atoms with Gasteiger partial charge in [0.1, 0.15) is 5.69 Å². The Morgan fingerprint density at radius 2 is 2.23 bits per heavy atom. The molecule has 72 valence electrons. The van der Waals surface area contributed by atoms with E-state index >= 15 is 0 Å². The fraction of sp³-hybridized carbons (Fsp3) is 0.375. The molecule has 1 nitrogen and oxygen atoms in total. The van der Waals surface area contributed by atoms with Crippen LogP contribution in [0.5, 0.6) is 0 Å². The maximum atomic E-state index is 12.4. The molecule has 0 atom stereocenters. The molecule has 0 saturated heterocycles. The molecule has 5 heteroatoms. The SMILES string of the molecule is Cc1cc(CCl)c(I)c(C(F)F)n1. The average molecular weight is 318 g/mol. The average Bonchev–Trinajstić information content (AvgIpc) is 2.08. The highest BCUT2D eigenvalue weighted by molar-refractivity contribution is 14.1. The molecule has 1 aromatic rings. The normalized spacial score (nSPS) is 10.9. The Hall–Kier alpha value is 0.0300. The van der Waals surface area contributed by atoms with Crippen LogP contribution >= 0.6 is 34.2 Å². The summed E-state index contributed by atoms with van der Waals surface area (Å²) in [4.78, 5) is 3.76. The summed E-state index contributed by atoms with van der Waals surface area (Å²) < 4.78 is 25.3. The van der Waals surface area contributed by atoms with Gasteiger partial charge in [0.05, 0.1) is 0 Å². The fourth-order valence-electron chi connectivity index (χ4n) is 0.993. The molecule has 0 aliphatic rings. The standard InChI is InChI=1S/C8H7ClF2IN/c1-4-2-5(3-9)6(12)7(13-4)8(10)11/h2,8H,3H2,1H3. The summed E-state index contributed by atoms with van der Waals surface area (Å²) in [7, 11) is 0. The van der Waals surface area contributed by atoms with Crippen LogP contribution in [0.4, 0.5) is 8.78 Å². The lowest BCUT2D eigenvalue weighted by molar-refractivity contribution is 0.144. The number of rotatable bonds is 2. The lowest BCUT2D eigenvalue weighted by Gasteiger charge is -2.07. The van der Waals surface area contributed by atoms with Gasteiger partial charge in [-0.1, -0.05) is 0 Å². The Morgan fingerprint density at radius 3 is 2.69 bits per heavy atom. The van der Waals surface area contributed by atoms with Crippen molar-refractivity contribution in [2.75, 3.05) is 0 Å². The van der Waals surface area contributed by atoms with Crippen molar-refractivity contribution >= 4 is 34.2 Å². The summed E-state index contributed by atoms with van der Waals surface area (Å²) in [5.74, 6) is 0.237. The minimum Gasteiger partial charge on any atom is -0.251 e. The van der Waals surface area contributed by atoms with Crippen LogP contribution in [0.3, 0.4) is 0 Å². The summed E-state index contributed by atoms with van der Waals surface area (Å²) in [5, 5.41) is 0. The van der Waals surface area contributed by atoms with Gasteiger partial charge in [0.2, 0.25) is 0 Å². The van der Waals surface area contributed by atoms with E-state index in [0.29, 0.717) is 14.8 Å². The maximum Gasteiger partial charge on any atom is 0.281 e. The molecule has 0 saturated carbocycles. The van der Waals surface area contributed by atoms with E-state index in [1.807, 2.05) is 22.6 Å². The number of hydrogen-bond acceptors (Lipinski definition) is 1. The molecule has 1 aromatic heterocycles. The number of alkyl halides is 3. The van der Waals surface area contributed by atoms with Crippen molar-refractivity contribution < 1.29 is 8.78 Å². The highest BCUT2D eigenvalue weighted by atomic mass is 127. The first kappa shape index (κ1) is 11.1.